The van der Waals surface area contributed by atoms with Crippen molar-refractivity contribution in [3.05, 3.63) is 35.4 Å². The van der Waals surface area contributed by atoms with Gasteiger partial charge in [-0.2, -0.15) is 0 Å². The summed E-state index contributed by atoms with van der Waals surface area (Å²) < 4.78 is 14.0. The minimum absolute atomic E-state index is 0.0363. The van der Waals surface area contributed by atoms with Crippen molar-refractivity contribution in [2.45, 2.75) is 52.2 Å². The van der Waals surface area contributed by atoms with Crippen LogP contribution in [0.25, 0.3) is 0 Å². The molecule has 0 radical (unpaired) electrons. The highest BCUT2D eigenvalue weighted by molar-refractivity contribution is 5.25. The summed E-state index contributed by atoms with van der Waals surface area (Å²) in [5.74, 6) is 0. The zero-order chi connectivity index (χ0) is 12.9. The Morgan fingerprint density at radius 3 is 2.59 bits per heavy atom. The molecule has 1 nitrogen and oxygen atoms in total. The molecule has 0 aliphatic rings. The lowest BCUT2D eigenvalue weighted by atomic mass is 10.0. The van der Waals surface area contributed by atoms with Crippen LogP contribution in [0.1, 0.15) is 51.4 Å². The number of halogens is 1. The maximum absolute atomic E-state index is 14.0. The molecule has 1 rings (SSSR count). The highest BCUT2D eigenvalue weighted by atomic mass is 19.1. The number of aryl methyl sites for hydroxylation is 1. The third-order valence-corrected chi connectivity index (χ3v) is 2.66. The van der Waals surface area contributed by atoms with Crippen LogP contribution in [0.2, 0.25) is 0 Å². The normalized spacial score (nSPS) is 13.7. The molecule has 0 fully saturated rings. The molecule has 1 aromatic carbocycles. The predicted octanol–water partition coefficient (Wildman–Crippen LogP) is 4.04. The third-order valence-electron chi connectivity index (χ3n) is 2.66. The number of hydrogen-bond acceptors (Lipinski definition) is 1. The van der Waals surface area contributed by atoms with Gasteiger partial charge in [0.25, 0.3) is 0 Å². The number of benzene rings is 1. The van der Waals surface area contributed by atoms with Gasteiger partial charge in [-0.05, 0) is 38.3 Å². The van der Waals surface area contributed by atoms with E-state index in [0.29, 0.717) is 6.54 Å². The van der Waals surface area contributed by atoms with Gasteiger partial charge in [0.2, 0.25) is 0 Å². The van der Waals surface area contributed by atoms with E-state index in [4.69, 9.17) is 0 Å². The predicted molar refractivity (Wildman–Crippen MR) is 72.0 cm³/mol. The fourth-order valence-corrected chi connectivity index (χ4v) is 1.75. The van der Waals surface area contributed by atoms with E-state index in [1.54, 1.807) is 0 Å². The molecule has 0 aromatic heterocycles. The van der Waals surface area contributed by atoms with Crippen molar-refractivity contribution < 1.29 is 4.39 Å². The van der Waals surface area contributed by atoms with Crippen molar-refractivity contribution in [2.24, 2.45) is 0 Å². The first-order valence-corrected chi connectivity index (χ1v) is 6.40. The summed E-state index contributed by atoms with van der Waals surface area (Å²) in [6, 6.07) is 7.87. The zero-order valence-electron chi connectivity index (χ0n) is 11.4. The molecular formula is C15H24FN. The van der Waals surface area contributed by atoms with E-state index in [9.17, 15) is 4.39 Å². The van der Waals surface area contributed by atoms with Crippen LogP contribution in [0, 0.1) is 0 Å². The number of nitrogens with one attached hydrogen (secondary N) is 1. The van der Waals surface area contributed by atoms with Gasteiger partial charge in [-0.15, -0.1) is 0 Å². The maximum atomic E-state index is 14.0. The van der Waals surface area contributed by atoms with E-state index < -0.39 is 6.17 Å². The monoisotopic (exact) mass is 237 g/mol. The Morgan fingerprint density at radius 1 is 1.29 bits per heavy atom. The first-order chi connectivity index (χ1) is 7.92. The van der Waals surface area contributed by atoms with Crippen LogP contribution in [-0.4, -0.2) is 12.1 Å². The van der Waals surface area contributed by atoms with Crippen LogP contribution in [0.15, 0.2) is 24.3 Å². The van der Waals surface area contributed by atoms with Gasteiger partial charge >= 0.3 is 0 Å². The summed E-state index contributed by atoms with van der Waals surface area (Å²) >= 11 is 0. The Balaban J connectivity index is 2.62. The SMILES string of the molecule is CCCc1cccc(C(F)CNC(C)(C)C)c1. The lowest BCUT2D eigenvalue weighted by Gasteiger charge is -2.22. The topological polar surface area (TPSA) is 12.0 Å². The third kappa shape index (κ3) is 5.31. The molecule has 0 saturated carbocycles. The molecule has 0 saturated heterocycles. The number of hydrogen-bond donors (Lipinski definition) is 1. The summed E-state index contributed by atoms with van der Waals surface area (Å²) in [5.41, 5.74) is 1.97. The molecule has 0 aliphatic heterocycles. The van der Waals surface area contributed by atoms with Crippen molar-refractivity contribution in [2.75, 3.05) is 6.54 Å². The molecule has 0 bridgehead atoms. The maximum Gasteiger partial charge on any atom is 0.138 e. The molecule has 0 heterocycles. The Hall–Kier alpha value is -0.890. The van der Waals surface area contributed by atoms with Crippen molar-refractivity contribution in [1.29, 1.82) is 0 Å². The van der Waals surface area contributed by atoms with Gasteiger partial charge in [0.1, 0.15) is 6.17 Å². The number of alkyl halides is 1. The molecule has 0 aliphatic carbocycles. The largest absolute Gasteiger partial charge is 0.309 e. The second kappa shape index (κ2) is 6.15. The Bertz CT molecular complexity index is 341. The van der Waals surface area contributed by atoms with Gasteiger partial charge in [-0.3, -0.25) is 0 Å². The number of rotatable bonds is 5. The smallest absolute Gasteiger partial charge is 0.138 e. The van der Waals surface area contributed by atoms with Crippen molar-refractivity contribution in [3.8, 4) is 0 Å². The first-order valence-electron chi connectivity index (χ1n) is 6.40. The van der Waals surface area contributed by atoms with E-state index in [2.05, 4.69) is 18.3 Å². The zero-order valence-corrected chi connectivity index (χ0v) is 11.4. The highest BCUT2D eigenvalue weighted by Crippen LogP contribution is 2.19. The first kappa shape index (κ1) is 14.2. The van der Waals surface area contributed by atoms with Gasteiger partial charge in [0.05, 0.1) is 0 Å². The summed E-state index contributed by atoms with van der Waals surface area (Å²) in [6.45, 7) is 8.66. The second-order valence-electron chi connectivity index (χ2n) is 5.59. The lowest BCUT2D eigenvalue weighted by Crippen LogP contribution is -2.37. The van der Waals surface area contributed by atoms with Crippen molar-refractivity contribution in [3.63, 3.8) is 0 Å². The average Bonchev–Trinajstić information content (AvgIpc) is 2.26. The molecule has 0 spiro atoms. The van der Waals surface area contributed by atoms with Crippen molar-refractivity contribution in [1.82, 2.24) is 5.32 Å². The molecule has 1 aromatic rings. The summed E-state index contributed by atoms with van der Waals surface area (Å²) in [5, 5.41) is 3.20. The van der Waals surface area contributed by atoms with Crippen LogP contribution in [-0.2, 0) is 6.42 Å². The average molecular weight is 237 g/mol. The van der Waals surface area contributed by atoms with Crippen LogP contribution in [0.4, 0.5) is 4.39 Å². The summed E-state index contributed by atoms with van der Waals surface area (Å²) in [4.78, 5) is 0. The van der Waals surface area contributed by atoms with Gasteiger partial charge in [-0.1, -0.05) is 37.6 Å². The standard InChI is InChI=1S/C15H24FN/c1-5-7-12-8-6-9-13(10-12)14(16)11-17-15(2,3)4/h6,8-10,14,17H,5,7,11H2,1-4H3. The molecular weight excluding hydrogens is 213 g/mol. The minimum Gasteiger partial charge on any atom is -0.309 e. The minimum atomic E-state index is -0.925. The molecule has 0 amide bonds. The van der Waals surface area contributed by atoms with Gasteiger partial charge in [0.15, 0.2) is 0 Å². The van der Waals surface area contributed by atoms with Gasteiger partial charge in [0, 0.05) is 12.1 Å². The Morgan fingerprint density at radius 2 is 2.00 bits per heavy atom. The summed E-state index contributed by atoms with van der Waals surface area (Å²) in [6.07, 6.45) is 1.19. The fraction of sp³-hybridized carbons (Fsp3) is 0.600. The Kier molecular flexibility index (Phi) is 5.13. The molecule has 1 unspecified atom stereocenters. The van der Waals surface area contributed by atoms with Gasteiger partial charge in [-0.25, -0.2) is 4.39 Å². The molecule has 1 N–H and O–H groups in total. The van der Waals surface area contributed by atoms with Crippen LogP contribution in [0.3, 0.4) is 0 Å². The lowest BCUT2D eigenvalue weighted by molar-refractivity contribution is 0.291. The molecule has 96 valence electrons. The molecule has 1 atom stereocenters. The molecule has 2 heteroatoms. The van der Waals surface area contributed by atoms with E-state index in [1.165, 1.54) is 5.56 Å². The summed E-state index contributed by atoms with van der Waals surface area (Å²) in [7, 11) is 0. The van der Waals surface area contributed by atoms with E-state index >= 15 is 0 Å². The fourth-order valence-electron chi connectivity index (χ4n) is 1.75. The Labute approximate surface area is 104 Å². The van der Waals surface area contributed by atoms with E-state index in [0.717, 1.165) is 18.4 Å². The second-order valence-corrected chi connectivity index (χ2v) is 5.59. The van der Waals surface area contributed by atoms with E-state index in [-0.39, 0.29) is 5.54 Å². The van der Waals surface area contributed by atoms with Crippen LogP contribution >= 0.6 is 0 Å². The molecule has 17 heavy (non-hydrogen) atoms. The van der Waals surface area contributed by atoms with Gasteiger partial charge < -0.3 is 5.32 Å². The van der Waals surface area contributed by atoms with Crippen LogP contribution < -0.4 is 5.32 Å². The quantitative estimate of drug-likeness (QED) is 0.815. The highest BCUT2D eigenvalue weighted by Gasteiger charge is 2.15. The van der Waals surface area contributed by atoms with Crippen LogP contribution in [0.5, 0.6) is 0 Å². The van der Waals surface area contributed by atoms with E-state index in [1.807, 2.05) is 39.0 Å². The van der Waals surface area contributed by atoms with Crippen molar-refractivity contribution >= 4 is 0 Å².